The Hall–Kier alpha value is -2.46. The summed E-state index contributed by atoms with van der Waals surface area (Å²) in [6.07, 6.45) is 0. The van der Waals surface area contributed by atoms with Gasteiger partial charge in [-0.25, -0.2) is 4.68 Å². The van der Waals surface area contributed by atoms with Gasteiger partial charge < -0.3 is 0 Å². The van der Waals surface area contributed by atoms with Crippen molar-refractivity contribution in [3.8, 4) is 5.69 Å². The molecule has 0 saturated carbocycles. The van der Waals surface area contributed by atoms with Crippen LogP contribution in [0, 0.1) is 11.6 Å². The maximum absolute atomic E-state index is 12.6. The SMILES string of the molecule is Cc1[nH]n(-c2ccccc2)c(=S)c1C(=O)c1ccccc1. The molecule has 0 spiro atoms. The summed E-state index contributed by atoms with van der Waals surface area (Å²) in [7, 11) is 0. The highest BCUT2D eigenvalue weighted by molar-refractivity contribution is 7.71. The molecule has 21 heavy (non-hydrogen) atoms. The predicted octanol–water partition coefficient (Wildman–Crippen LogP) is 4.07. The Kier molecular flexibility index (Phi) is 3.54. The van der Waals surface area contributed by atoms with Gasteiger partial charge in [0.25, 0.3) is 0 Å². The first-order valence-electron chi connectivity index (χ1n) is 6.65. The van der Waals surface area contributed by atoms with Crippen LogP contribution in [0.25, 0.3) is 5.69 Å². The minimum atomic E-state index is -0.0518. The summed E-state index contributed by atoms with van der Waals surface area (Å²) in [5, 5.41) is 3.17. The summed E-state index contributed by atoms with van der Waals surface area (Å²) >= 11 is 5.48. The Morgan fingerprint density at radius 2 is 1.57 bits per heavy atom. The number of carbonyl (C=O) groups excluding carboxylic acids is 1. The molecule has 3 aromatic rings. The fourth-order valence-electron chi connectivity index (χ4n) is 2.31. The third-order valence-electron chi connectivity index (χ3n) is 3.35. The lowest BCUT2D eigenvalue weighted by Crippen LogP contribution is -2.02. The zero-order valence-electron chi connectivity index (χ0n) is 11.5. The van der Waals surface area contributed by atoms with Crippen LogP contribution in [0.15, 0.2) is 60.7 Å². The number of nitrogens with one attached hydrogen (secondary N) is 1. The molecule has 1 heterocycles. The number of aryl methyl sites for hydroxylation is 1. The van der Waals surface area contributed by atoms with Gasteiger partial charge in [-0.15, -0.1) is 0 Å². The summed E-state index contributed by atoms with van der Waals surface area (Å²) in [4.78, 5) is 12.6. The quantitative estimate of drug-likeness (QED) is 0.584. The summed E-state index contributed by atoms with van der Waals surface area (Å²) < 4.78 is 2.27. The highest BCUT2D eigenvalue weighted by atomic mass is 32.1. The van der Waals surface area contributed by atoms with Gasteiger partial charge in [0.1, 0.15) is 4.64 Å². The van der Waals surface area contributed by atoms with Crippen molar-refractivity contribution in [2.75, 3.05) is 0 Å². The number of hydrogen-bond acceptors (Lipinski definition) is 2. The van der Waals surface area contributed by atoms with Crippen LogP contribution in [0.1, 0.15) is 21.6 Å². The first-order chi connectivity index (χ1) is 10.2. The van der Waals surface area contributed by atoms with E-state index in [2.05, 4.69) is 5.10 Å². The van der Waals surface area contributed by atoms with Crippen molar-refractivity contribution in [3.63, 3.8) is 0 Å². The minimum Gasteiger partial charge on any atom is -0.297 e. The number of benzene rings is 2. The minimum absolute atomic E-state index is 0.0518. The van der Waals surface area contributed by atoms with E-state index in [9.17, 15) is 4.79 Å². The molecule has 3 rings (SSSR count). The standard InChI is InChI=1S/C17H14N2OS/c1-12-15(16(20)13-8-4-2-5-9-13)17(21)19(18-12)14-10-6-3-7-11-14/h2-11,18H,1H3. The molecule has 0 radical (unpaired) electrons. The number of aromatic amines is 1. The molecule has 3 nitrogen and oxygen atoms in total. The second-order valence-corrected chi connectivity index (χ2v) is 5.17. The highest BCUT2D eigenvalue weighted by Crippen LogP contribution is 2.18. The van der Waals surface area contributed by atoms with Crippen LogP contribution in [-0.4, -0.2) is 15.6 Å². The van der Waals surface area contributed by atoms with E-state index in [-0.39, 0.29) is 5.78 Å². The van der Waals surface area contributed by atoms with E-state index < -0.39 is 0 Å². The number of rotatable bonds is 3. The number of H-pyrrole nitrogens is 1. The number of nitrogens with zero attached hydrogens (tertiary/aromatic N) is 1. The predicted molar refractivity (Wildman–Crippen MR) is 85.6 cm³/mol. The lowest BCUT2D eigenvalue weighted by Gasteiger charge is -2.01. The molecule has 0 atom stereocenters. The molecule has 0 saturated heterocycles. The summed E-state index contributed by atoms with van der Waals surface area (Å²) in [6, 6.07) is 18.9. The average molecular weight is 294 g/mol. The van der Waals surface area contributed by atoms with Crippen LogP contribution in [0.2, 0.25) is 0 Å². The maximum atomic E-state index is 12.6. The maximum Gasteiger partial charge on any atom is 0.197 e. The lowest BCUT2D eigenvalue weighted by atomic mass is 10.0. The van der Waals surface area contributed by atoms with Gasteiger partial charge in [-0.05, 0) is 19.1 Å². The van der Waals surface area contributed by atoms with Gasteiger partial charge in [-0.3, -0.25) is 9.89 Å². The fraction of sp³-hybridized carbons (Fsp3) is 0.0588. The Balaban J connectivity index is 2.12. The van der Waals surface area contributed by atoms with E-state index in [1.54, 1.807) is 16.8 Å². The topological polar surface area (TPSA) is 37.8 Å². The van der Waals surface area contributed by atoms with E-state index >= 15 is 0 Å². The second-order valence-electron chi connectivity index (χ2n) is 4.78. The van der Waals surface area contributed by atoms with Crippen molar-refractivity contribution in [1.29, 1.82) is 0 Å². The van der Waals surface area contributed by atoms with E-state index in [4.69, 9.17) is 12.2 Å². The Labute approximate surface area is 127 Å². The van der Waals surface area contributed by atoms with Crippen LogP contribution >= 0.6 is 12.2 Å². The molecule has 0 aliphatic rings. The van der Waals surface area contributed by atoms with Gasteiger partial charge in [0.2, 0.25) is 0 Å². The van der Waals surface area contributed by atoms with E-state index in [1.165, 1.54) is 0 Å². The van der Waals surface area contributed by atoms with E-state index in [1.807, 2.05) is 55.5 Å². The number of hydrogen-bond donors (Lipinski definition) is 1. The van der Waals surface area contributed by atoms with Crippen molar-refractivity contribution >= 4 is 18.0 Å². The van der Waals surface area contributed by atoms with Crippen molar-refractivity contribution in [2.24, 2.45) is 0 Å². The molecule has 0 bridgehead atoms. The van der Waals surface area contributed by atoms with Crippen molar-refractivity contribution in [2.45, 2.75) is 6.92 Å². The zero-order valence-corrected chi connectivity index (χ0v) is 12.4. The summed E-state index contributed by atoms with van der Waals surface area (Å²) in [6.45, 7) is 1.87. The number of para-hydroxylation sites is 1. The molecule has 4 heteroatoms. The van der Waals surface area contributed by atoms with Gasteiger partial charge in [-0.1, -0.05) is 60.7 Å². The molecule has 1 aromatic heterocycles. The van der Waals surface area contributed by atoms with E-state index in [0.29, 0.717) is 15.8 Å². The van der Waals surface area contributed by atoms with Crippen LogP contribution in [0.4, 0.5) is 0 Å². The van der Waals surface area contributed by atoms with Crippen LogP contribution < -0.4 is 0 Å². The first-order valence-corrected chi connectivity index (χ1v) is 7.06. The third kappa shape index (κ3) is 2.45. The van der Waals surface area contributed by atoms with Gasteiger partial charge >= 0.3 is 0 Å². The smallest absolute Gasteiger partial charge is 0.197 e. The molecule has 0 aliphatic carbocycles. The van der Waals surface area contributed by atoms with E-state index in [0.717, 1.165) is 11.4 Å². The van der Waals surface area contributed by atoms with Crippen molar-refractivity contribution < 1.29 is 4.79 Å². The Morgan fingerprint density at radius 1 is 1.00 bits per heavy atom. The van der Waals surface area contributed by atoms with Crippen LogP contribution in [0.5, 0.6) is 0 Å². The van der Waals surface area contributed by atoms with Gasteiger partial charge in [0, 0.05) is 11.3 Å². The molecule has 0 unspecified atom stereocenters. The molecule has 0 aliphatic heterocycles. The molecule has 1 N–H and O–H groups in total. The molecule has 2 aromatic carbocycles. The van der Waals surface area contributed by atoms with Gasteiger partial charge in [-0.2, -0.15) is 0 Å². The third-order valence-corrected chi connectivity index (χ3v) is 3.74. The molecule has 0 fully saturated rings. The first kappa shape index (κ1) is 13.5. The fourth-order valence-corrected chi connectivity index (χ4v) is 2.70. The molecule has 0 amide bonds. The summed E-state index contributed by atoms with van der Waals surface area (Å²) in [5.41, 5.74) is 2.89. The summed E-state index contributed by atoms with van der Waals surface area (Å²) in [5.74, 6) is -0.0518. The van der Waals surface area contributed by atoms with Crippen molar-refractivity contribution in [1.82, 2.24) is 9.78 Å². The van der Waals surface area contributed by atoms with Gasteiger partial charge in [0.15, 0.2) is 5.78 Å². The second kappa shape index (κ2) is 5.50. The zero-order chi connectivity index (χ0) is 14.8. The Bertz CT molecular complexity index is 832. The van der Waals surface area contributed by atoms with Crippen LogP contribution in [-0.2, 0) is 0 Å². The molecule has 104 valence electrons. The van der Waals surface area contributed by atoms with Crippen molar-refractivity contribution in [3.05, 3.63) is 82.1 Å². The van der Waals surface area contributed by atoms with Gasteiger partial charge in [0.05, 0.1) is 11.3 Å². The Morgan fingerprint density at radius 3 is 2.19 bits per heavy atom. The lowest BCUT2D eigenvalue weighted by molar-refractivity contribution is 0.103. The average Bonchev–Trinajstić information content (AvgIpc) is 2.83. The largest absolute Gasteiger partial charge is 0.297 e. The number of aromatic nitrogens is 2. The molecular weight excluding hydrogens is 280 g/mol. The number of carbonyl (C=O) groups is 1. The molecular formula is C17H14N2OS. The normalized spacial score (nSPS) is 10.5. The van der Waals surface area contributed by atoms with Crippen LogP contribution in [0.3, 0.4) is 0 Å². The monoisotopic (exact) mass is 294 g/mol. The number of ketones is 1. The highest BCUT2D eigenvalue weighted by Gasteiger charge is 2.18.